The van der Waals surface area contributed by atoms with E-state index in [9.17, 15) is 0 Å². The van der Waals surface area contributed by atoms with E-state index in [0.717, 1.165) is 22.3 Å². The Morgan fingerprint density at radius 1 is 1.05 bits per heavy atom. The largest absolute Gasteiger partial charge is 0.330 e. The van der Waals surface area contributed by atoms with Crippen LogP contribution < -0.4 is 0 Å². The molecule has 3 aromatic rings. The molecule has 2 aromatic carbocycles. The molecule has 0 aliphatic heterocycles. The van der Waals surface area contributed by atoms with Gasteiger partial charge in [-0.3, -0.25) is 4.57 Å². The van der Waals surface area contributed by atoms with E-state index in [4.69, 9.17) is 35.4 Å². The molecule has 0 amide bonds. The summed E-state index contributed by atoms with van der Waals surface area (Å²) in [6.07, 6.45) is 0. The second-order valence-corrected chi connectivity index (χ2v) is 6.04. The van der Waals surface area contributed by atoms with Gasteiger partial charge in [0.1, 0.15) is 0 Å². The van der Waals surface area contributed by atoms with Crippen LogP contribution in [-0.4, -0.2) is 9.55 Å². The average Bonchev–Trinajstić information content (AvgIpc) is 2.69. The van der Waals surface area contributed by atoms with Crippen LogP contribution >= 0.6 is 35.4 Å². The summed E-state index contributed by atoms with van der Waals surface area (Å²) in [5, 5.41) is 1.04. The van der Waals surface area contributed by atoms with Crippen molar-refractivity contribution in [3.05, 3.63) is 56.3 Å². The maximum atomic E-state index is 6.13. The lowest BCUT2D eigenvalue weighted by Crippen LogP contribution is -1.97. The zero-order valence-corrected chi connectivity index (χ0v) is 13.3. The van der Waals surface area contributed by atoms with E-state index in [-0.39, 0.29) is 0 Å². The molecule has 0 aliphatic carbocycles. The van der Waals surface area contributed by atoms with Crippen molar-refractivity contribution in [3.8, 4) is 5.69 Å². The van der Waals surface area contributed by atoms with E-state index in [1.54, 1.807) is 6.07 Å². The Labute approximate surface area is 132 Å². The van der Waals surface area contributed by atoms with Gasteiger partial charge >= 0.3 is 0 Å². The Morgan fingerprint density at radius 2 is 1.75 bits per heavy atom. The maximum absolute atomic E-state index is 6.13. The third-order valence-electron chi connectivity index (χ3n) is 3.33. The first-order valence-electron chi connectivity index (χ1n) is 6.15. The number of benzene rings is 2. The Balaban J connectivity index is 2.42. The van der Waals surface area contributed by atoms with Crippen LogP contribution in [0.5, 0.6) is 0 Å². The topological polar surface area (TPSA) is 20.7 Å². The third-order valence-corrected chi connectivity index (χ3v) is 4.34. The Hall–Kier alpha value is -1.29. The Bertz CT molecular complexity index is 877. The molecule has 0 radical (unpaired) electrons. The van der Waals surface area contributed by atoms with Crippen LogP contribution in [0.2, 0.25) is 10.0 Å². The van der Waals surface area contributed by atoms with E-state index in [1.807, 2.05) is 10.6 Å². The number of aromatic amines is 1. The van der Waals surface area contributed by atoms with Crippen molar-refractivity contribution in [2.24, 2.45) is 0 Å². The fraction of sp³-hybridized carbons (Fsp3) is 0.133. The molecule has 0 bridgehead atoms. The second-order valence-electron chi connectivity index (χ2n) is 4.84. The highest BCUT2D eigenvalue weighted by molar-refractivity contribution is 7.71. The monoisotopic (exact) mass is 322 g/mol. The Morgan fingerprint density at radius 3 is 2.50 bits per heavy atom. The standard InChI is InChI=1S/C15H12Cl2N2S/c1-8-3-4-9(2)13(5-8)19-14-7-11(17)10(16)6-12(14)18-15(19)20/h3-7H,1-2H3,(H,18,20). The van der Waals surface area contributed by atoms with E-state index in [0.29, 0.717) is 14.8 Å². The van der Waals surface area contributed by atoms with Crippen LogP contribution in [0.15, 0.2) is 30.3 Å². The highest BCUT2D eigenvalue weighted by Crippen LogP contribution is 2.30. The highest BCUT2D eigenvalue weighted by atomic mass is 35.5. The maximum Gasteiger partial charge on any atom is 0.182 e. The summed E-state index contributed by atoms with van der Waals surface area (Å²) in [5.41, 5.74) is 5.20. The predicted molar refractivity (Wildman–Crippen MR) is 88.0 cm³/mol. The molecule has 5 heteroatoms. The predicted octanol–water partition coefficient (Wildman–Crippen LogP) is 5.61. The van der Waals surface area contributed by atoms with Crippen LogP contribution in [0.4, 0.5) is 0 Å². The molecule has 20 heavy (non-hydrogen) atoms. The minimum Gasteiger partial charge on any atom is -0.330 e. The first-order valence-corrected chi connectivity index (χ1v) is 7.31. The van der Waals surface area contributed by atoms with Crippen molar-refractivity contribution in [1.82, 2.24) is 9.55 Å². The molecule has 1 aromatic heterocycles. The molecule has 3 rings (SSSR count). The van der Waals surface area contributed by atoms with Crippen LogP contribution in [0.25, 0.3) is 16.7 Å². The van der Waals surface area contributed by atoms with Gasteiger partial charge in [-0.25, -0.2) is 0 Å². The van der Waals surface area contributed by atoms with E-state index < -0.39 is 0 Å². The lowest BCUT2D eigenvalue weighted by Gasteiger charge is -2.10. The van der Waals surface area contributed by atoms with Gasteiger partial charge in [0.15, 0.2) is 4.77 Å². The fourth-order valence-corrected chi connectivity index (χ4v) is 2.93. The smallest absolute Gasteiger partial charge is 0.182 e. The van der Waals surface area contributed by atoms with Crippen molar-refractivity contribution in [1.29, 1.82) is 0 Å². The summed E-state index contributed by atoms with van der Waals surface area (Å²) in [7, 11) is 0. The van der Waals surface area contributed by atoms with Gasteiger partial charge in [0.25, 0.3) is 0 Å². The van der Waals surface area contributed by atoms with Crippen molar-refractivity contribution in [3.63, 3.8) is 0 Å². The van der Waals surface area contributed by atoms with Crippen molar-refractivity contribution < 1.29 is 0 Å². The number of hydrogen-bond donors (Lipinski definition) is 1. The van der Waals surface area contributed by atoms with E-state index in [1.165, 1.54) is 5.56 Å². The lowest BCUT2D eigenvalue weighted by molar-refractivity contribution is 1.04. The first-order chi connectivity index (χ1) is 9.47. The molecule has 0 spiro atoms. The number of nitrogens with one attached hydrogen (secondary N) is 1. The number of aromatic nitrogens is 2. The summed E-state index contributed by atoms with van der Waals surface area (Å²) >= 11 is 17.6. The van der Waals surface area contributed by atoms with Gasteiger partial charge in [-0.05, 0) is 55.4 Å². The van der Waals surface area contributed by atoms with E-state index in [2.05, 4.69) is 37.0 Å². The third kappa shape index (κ3) is 2.16. The van der Waals surface area contributed by atoms with Gasteiger partial charge in [0.2, 0.25) is 0 Å². The molecule has 2 nitrogen and oxygen atoms in total. The molecule has 0 saturated heterocycles. The molecule has 102 valence electrons. The molecule has 0 fully saturated rings. The summed E-state index contributed by atoms with van der Waals surface area (Å²) in [4.78, 5) is 3.17. The van der Waals surface area contributed by atoms with E-state index >= 15 is 0 Å². The molecule has 0 unspecified atom stereocenters. The first kappa shape index (κ1) is 13.7. The van der Waals surface area contributed by atoms with Gasteiger partial charge in [-0.2, -0.15) is 0 Å². The van der Waals surface area contributed by atoms with Crippen LogP contribution in [0.1, 0.15) is 11.1 Å². The average molecular weight is 323 g/mol. The van der Waals surface area contributed by atoms with Crippen LogP contribution in [-0.2, 0) is 0 Å². The normalized spacial score (nSPS) is 11.2. The molecular weight excluding hydrogens is 311 g/mol. The number of aryl methyl sites for hydroxylation is 2. The van der Waals surface area contributed by atoms with Gasteiger partial charge in [-0.1, -0.05) is 35.3 Å². The number of imidazole rings is 1. The molecule has 1 N–H and O–H groups in total. The number of halogens is 2. The lowest BCUT2D eigenvalue weighted by atomic mass is 10.1. The van der Waals surface area contributed by atoms with Crippen LogP contribution in [0, 0.1) is 18.6 Å². The van der Waals surface area contributed by atoms with Gasteiger partial charge in [0, 0.05) is 0 Å². The SMILES string of the molecule is Cc1ccc(C)c(-n2c(=S)[nH]c3cc(Cl)c(Cl)cc32)c1. The molecule has 0 atom stereocenters. The quantitative estimate of drug-likeness (QED) is 0.577. The minimum atomic E-state index is 0.517. The summed E-state index contributed by atoms with van der Waals surface area (Å²) in [6.45, 7) is 4.12. The van der Waals surface area contributed by atoms with Crippen molar-refractivity contribution in [2.75, 3.05) is 0 Å². The zero-order chi connectivity index (χ0) is 14.4. The van der Waals surface area contributed by atoms with Gasteiger partial charge in [-0.15, -0.1) is 0 Å². The Kier molecular flexibility index (Phi) is 3.36. The molecule has 0 aliphatic rings. The summed E-state index contributed by atoms with van der Waals surface area (Å²) < 4.78 is 2.63. The number of H-pyrrole nitrogens is 1. The zero-order valence-electron chi connectivity index (χ0n) is 11.0. The molecular formula is C15H12Cl2N2S. The summed E-state index contributed by atoms with van der Waals surface area (Å²) in [6, 6.07) is 9.93. The fourth-order valence-electron chi connectivity index (χ4n) is 2.30. The van der Waals surface area contributed by atoms with Crippen molar-refractivity contribution in [2.45, 2.75) is 13.8 Å². The molecule has 1 heterocycles. The highest BCUT2D eigenvalue weighted by Gasteiger charge is 2.11. The number of rotatable bonds is 1. The van der Waals surface area contributed by atoms with Gasteiger partial charge in [0.05, 0.1) is 26.8 Å². The van der Waals surface area contributed by atoms with Crippen LogP contribution in [0.3, 0.4) is 0 Å². The van der Waals surface area contributed by atoms with Crippen molar-refractivity contribution >= 4 is 46.5 Å². The molecule has 0 saturated carbocycles. The number of fused-ring (bicyclic) bond motifs is 1. The summed E-state index contributed by atoms with van der Waals surface area (Å²) in [5.74, 6) is 0. The number of nitrogens with zero attached hydrogens (tertiary/aromatic N) is 1. The minimum absolute atomic E-state index is 0.517. The van der Waals surface area contributed by atoms with Gasteiger partial charge < -0.3 is 4.98 Å². The second kappa shape index (κ2) is 4.92. The number of hydrogen-bond acceptors (Lipinski definition) is 1.